The lowest BCUT2D eigenvalue weighted by Gasteiger charge is -2.02. The second-order valence-corrected chi connectivity index (χ2v) is 3.58. The second kappa shape index (κ2) is 3.80. The minimum Gasteiger partial charge on any atom is -0.258 e. The molecular formula is C8H2Cl2FN3O2. The standard InChI is InChI=1S/C8H2Cl2FN3O2/c9-5-3-1-13-8(10)6(11)7(3)12-2-4(5)14(15)16/h1-2H. The third kappa shape index (κ3) is 1.56. The number of aromatic nitrogens is 2. The van der Waals surface area contributed by atoms with Crippen molar-refractivity contribution in [2.24, 2.45) is 0 Å². The quantitative estimate of drug-likeness (QED) is 0.450. The van der Waals surface area contributed by atoms with Gasteiger partial charge < -0.3 is 0 Å². The molecule has 0 aliphatic carbocycles. The molecule has 0 aliphatic heterocycles. The van der Waals surface area contributed by atoms with Crippen LogP contribution in [0.15, 0.2) is 12.4 Å². The van der Waals surface area contributed by atoms with Crippen LogP contribution in [0.25, 0.3) is 10.9 Å². The van der Waals surface area contributed by atoms with E-state index in [-0.39, 0.29) is 21.1 Å². The third-order valence-electron chi connectivity index (χ3n) is 1.93. The Kier molecular flexibility index (Phi) is 2.61. The highest BCUT2D eigenvalue weighted by atomic mass is 35.5. The van der Waals surface area contributed by atoms with Crippen LogP contribution in [0.3, 0.4) is 0 Å². The summed E-state index contributed by atoms with van der Waals surface area (Å²) in [6.07, 6.45) is 2.02. The van der Waals surface area contributed by atoms with Gasteiger partial charge in [-0.25, -0.2) is 14.4 Å². The Morgan fingerprint density at radius 3 is 2.62 bits per heavy atom. The molecule has 0 bridgehead atoms. The molecule has 8 heteroatoms. The van der Waals surface area contributed by atoms with Crippen LogP contribution in [0.2, 0.25) is 10.2 Å². The maximum Gasteiger partial charge on any atom is 0.306 e. The Bertz CT molecular complexity index is 605. The third-order valence-corrected chi connectivity index (χ3v) is 2.59. The summed E-state index contributed by atoms with van der Waals surface area (Å²) in [5, 5.41) is 10.0. The number of hydrogen-bond acceptors (Lipinski definition) is 4. The van der Waals surface area contributed by atoms with Crippen molar-refractivity contribution in [2.75, 3.05) is 0 Å². The van der Waals surface area contributed by atoms with Gasteiger partial charge in [0.1, 0.15) is 16.7 Å². The van der Waals surface area contributed by atoms with E-state index in [1.165, 1.54) is 0 Å². The zero-order chi connectivity index (χ0) is 11.9. The molecular weight excluding hydrogens is 260 g/mol. The number of rotatable bonds is 1. The minimum atomic E-state index is -0.851. The molecule has 0 radical (unpaired) electrons. The van der Waals surface area contributed by atoms with Gasteiger partial charge in [-0.3, -0.25) is 10.1 Å². The van der Waals surface area contributed by atoms with Crippen molar-refractivity contribution in [1.29, 1.82) is 0 Å². The molecule has 0 saturated carbocycles. The van der Waals surface area contributed by atoms with E-state index in [9.17, 15) is 14.5 Å². The molecule has 0 aromatic carbocycles. The van der Waals surface area contributed by atoms with Crippen molar-refractivity contribution in [3.8, 4) is 0 Å². The fourth-order valence-corrected chi connectivity index (χ4v) is 1.58. The average molecular weight is 262 g/mol. The van der Waals surface area contributed by atoms with Crippen molar-refractivity contribution in [3.05, 3.63) is 38.5 Å². The van der Waals surface area contributed by atoms with Gasteiger partial charge in [0.25, 0.3) is 0 Å². The van der Waals surface area contributed by atoms with E-state index < -0.39 is 16.4 Å². The summed E-state index contributed by atoms with van der Waals surface area (Å²) in [6.45, 7) is 0. The van der Waals surface area contributed by atoms with E-state index in [0.717, 1.165) is 12.4 Å². The summed E-state index contributed by atoms with van der Waals surface area (Å²) < 4.78 is 13.4. The molecule has 0 aliphatic rings. The molecule has 0 saturated heterocycles. The summed E-state index contributed by atoms with van der Waals surface area (Å²) in [4.78, 5) is 17.0. The predicted molar refractivity (Wildman–Crippen MR) is 56.2 cm³/mol. The van der Waals surface area contributed by atoms with Crippen LogP contribution in [0.5, 0.6) is 0 Å². The first-order valence-corrected chi connectivity index (χ1v) is 4.70. The SMILES string of the molecule is O=[N+]([O-])c1cnc2c(F)c(Cl)ncc2c1Cl. The van der Waals surface area contributed by atoms with E-state index >= 15 is 0 Å². The van der Waals surface area contributed by atoms with Crippen LogP contribution < -0.4 is 0 Å². The number of nitro groups is 1. The van der Waals surface area contributed by atoms with E-state index in [1.54, 1.807) is 0 Å². The van der Waals surface area contributed by atoms with Crippen LogP contribution >= 0.6 is 23.2 Å². The van der Waals surface area contributed by atoms with Crippen molar-refractivity contribution in [3.63, 3.8) is 0 Å². The fraction of sp³-hybridized carbons (Fsp3) is 0. The van der Waals surface area contributed by atoms with Gasteiger partial charge in [-0.1, -0.05) is 23.2 Å². The van der Waals surface area contributed by atoms with Gasteiger partial charge in [-0.2, -0.15) is 0 Å². The van der Waals surface area contributed by atoms with Crippen molar-refractivity contribution in [1.82, 2.24) is 9.97 Å². The Hall–Kier alpha value is -1.53. The predicted octanol–water partition coefficient (Wildman–Crippen LogP) is 2.98. The maximum atomic E-state index is 13.4. The van der Waals surface area contributed by atoms with Crippen LogP contribution in [0.1, 0.15) is 0 Å². The van der Waals surface area contributed by atoms with Gasteiger partial charge in [0.05, 0.1) is 4.92 Å². The highest BCUT2D eigenvalue weighted by molar-refractivity contribution is 6.37. The zero-order valence-electron chi connectivity index (χ0n) is 7.45. The van der Waals surface area contributed by atoms with Crippen LogP contribution in [-0.2, 0) is 0 Å². The lowest BCUT2D eigenvalue weighted by Crippen LogP contribution is -1.95. The topological polar surface area (TPSA) is 68.9 Å². The number of fused-ring (bicyclic) bond motifs is 1. The van der Waals surface area contributed by atoms with Gasteiger partial charge in [0, 0.05) is 11.6 Å². The monoisotopic (exact) mass is 261 g/mol. The van der Waals surface area contributed by atoms with E-state index in [2.05, 4.69) is 9.97 Å². The molecule has 2 rings (SSSR count). The molecule has 0 fully saturated rings. The largest absolute Gasteiger partial charge is 0.306 e. The van der Waals surface area contributed by atoms with Crippen molar-refractivity contribution < 1.29 is 9.31 Å². The van der Waals surface area contributed by atoms with Gasteiger partial charge in [0.15, 0.2) is 11.0 Å². The highest BCUT2D eigenvalue weighted by Crippen LogP contribution is 2.32. The van der Waals surface area contributed by atoms with Crippen LogP contribution in [-0.4, -0.2) is 14.9 Å². The summed E-state index contributed by atoms with van der Waals surface area (Å²) in [5.41, 5.74) is -0.548. The van der Waals surface area contributed by atoms with Crippen LogP contribution in [0, 0.1) is 15.9 Å². The molecule has 0 N–H and O–H groups in total. The van der Waals surface area contributed by atoms with E-state index in [4.69, 9.17) is 23.2 Å². The molecule has 0 amide bonds. The summed E-state index contributed by atoms with van der Waals surface area (Å²) in [6, 6.07) is 0. The van der Waals surface area contributed by atoms with Crippen LogP contribution in [0.4, 0.5) is 10.1 Å². The average Bonchev–Trinajstić information content (AvgIpc) is 2.23. The second-order valence-electron chi connectivity index (χ2n) is 2.84. The molecule has 2 aromatic rings. The fourth-order valence-electron chi connectivity index (χ4n) is 1.19. The van der Waals surface area contributed by atoms with Gasteiger partial charge in [-0.05, 0) is 0 Å². The molecule has 16 heavy (non-hydrogen) atoms. The van der Waals surface area contributed by atoms with Crippen molar-refractivity contribution in [2.45, 2.75) is 0 Å². The van der Waals surface area contributed by atoms with E-state index in [0.29, 0.717) is 0 Å². The number of halogens is 3. The Labute approximate surface area is 98.0 Å². The molecule has 0 atom stereocenters. The van der Waals surface area contributed by atoms with E-state index in [1.807, 2.05) is 0 Å². The normalized spacial score (nSPS) is 10.7. The molecule has 82 valence electrons. The molecule has 0 unspecified atom stereocenters. The molecule has 2 heterocycles. The Morgan fingerprint density at radius 1 is 1.31 bits per heavy atom. The number of hydrogen-bond donors (Lipinski definition) is 0. The lowest BCUT2D eigenvalue weighted by atomic mass is 10.2. The summed E-state index contributed by atoms with van der Waals surface area (Å²) >= 11 is 11.2. The first-order valence-electron chi connectivity index (χ1n) is 3.95. The highest BCUT2D eigenvalue weighted by Gasteiger charge is 2.19. The number of nitrogens with zero attached hydrogens (tertiary/aromatic N) is 3. The number of pyridine rings is 2. The first kappa shape index (κ1) is 11.0. The smallest absolute Gasteiger partial charge is 0.258 e. The minimum absolute atomic E-state index is 0.0535. The molecule has 2 aromatic heterocycles. The summed E-state index contributed by atoms with van der Waals surface area (Å²) in [7, 11) is 0. The zero-order valence-corrected chi connectivity index (χ0v) is 8.96. The van der Waals surface area contributed by atoms with Gasteiger partial charge >= 0.3 is 5.69 Å². The molecule has 0 spiro atoms. The Morgan fingerprint density at radius 2 is 2.00 bits per heavy atom. The van der Waals surface area contributed by atoms with Crippen molar-refractivity contribution >= 4 is 39.8 Å². The Balaban J connectivity index is 2.87. The summed E-state index contributed by atoms with van der Waals surface area (Å²) in [5.74, 6) is -0.851. The first-order chi connectivity index (χ1) is 7.52. The van der Waals surface area contributed by atoms with Gasteiger partial charge in [-0.15, -0.1) is 0 Å². The van der Waals surface area contributed by atoms with Gasteiger partial charge in [0.2, 0.25) is 0 Å². The maximum absolute atomic E-state index is 13.4. The molecule has 5 nitrogen and oxygen atoms in total. The lowest BCUT2D eigenvalue weighted by molar-refractivity contribution is -0.384.